The highest BCUT2D eigenvalue weighted by molar-refractivity contribution is 4.97. The summed E-state index contributed by atoms with van der Waals surface area (Å²) < 4.78 is 0. The minimum atomic E-state index is 0.677. The topological polar surface area (TPSA) is 12.0 Å². The van der Waals surface area contributed by atoms with Crippen molar-refractivity contribution in [2.75, 3.05) is 6.54 Å². The molecule has 0 amide bonds. The van der Waals surface area contributed by atoms with Gasteiger partial charge in [0.25, 0.3) is 0 Å². The van der Waals surface area contributed by atoms with Gasteiger partial charge in [0.15, 0.2) is 0 Å². The van der Waals surface area contributed by atoms with Crippen LogP contribution in [0, 0.1) is 11.8 Å². The molecule has 0 bridgehead atoms. The van der Waals surface area contributed by atoms with Crippen molar-refractivity contribution >= 4 is 0 Å². The number of hydrogen-bond donors (Lipinski definition) is 1. The minimum Gasteiger partial charge on any atom is -0.310 e. The van der Waals surface area contributed by atoms with Gasteiger partial charge in [-0.2, -0.15) is 0 Å². The zero-order valence-corrected chi connectivity index (χ0v) is 10.0. The smallest absolute Gasteiger partial charge is 0.0250 e. The molecule has 1 heteroatoms. The monoisotopic (exact) mass is 207 g/mol. The Labute approximate surface area is 94.3 Å². The molecule has 15 heavy (non-hydrogen) atoms. The Morgan fingerprint density at radius 2 is 2.13 bits per heavy atom. The van der Waals surface area contributed by atoms with E-state index in [1.807, 2.05) is 0 Å². The minimum absolute atomic E-state index is 0.677. The highest BCUT2D eigenvalue weighted by atomic mass is 14.9. The molecule has 0 radical (unpaired) electrons. The zero-order chi connectivity index (χ0) is 10.5. The largest absolute Gasteiger partial charge is 0.310 e. The fraction of sp³-hybridized carbons (Fsp3) is 0.857. The van der Waals surface area contributed by atoms with E-state index >= 15 is 0 Å². The molecule has 0 aromatic heterocycles. The summed E-state index contributed by atoms with van der Waals surface area (Å²) in [5.74, 6) is 1.91. The van der Waals surface area contributed by atoms with Crippen molar-refractivity contribution in [1.29, 1.82) is 0 Å². The fourth-order valence-corrected chi connectivity index (χ4v) is 3.05. The molecule has 0 aromatic carbocycles. The van der Waals surface area contributed by atoms with Crippen LogP contribution in [0.2, 0.25) is 0 Å². The molecular formula is C14H25N. The maximum Gasteiger partial charge on any atom is 0.0250 e. The van der Waals surface area contributed by atoms with Crippen LogP contribution in [0.15, 0.2) is 12.2 Å². The van der Waals surface area contributed by atoms with Gasteiger partial charge in [-0.3, -0.25) is 0 Å². The molecule has 1 fully saturated rings. The highest BCUT2D eigenvalue weighted by Crippen LogP contribution is 2.28. The first-order valence-electron chi connectivity index (χ1n) is 6.74. The first kappa shape index (κ1) is 11.2. The maximum atomic E-state index is 3.73. The van der Waals surface area contributed by atoms with Gasteiger partial charge in [-0.1, -0.05) is 31.9 Å². The molecule has 1 nitrogen and oxygen atoms in total. The summed E-state index contributed by atoms with van der Waals surface area (Å²) in [7, 11) is 0. The lowest BCUT2D eigenvalue weighted by atomic mass is 9.82. The Bertz CT molecular complexity index is 209. The molecule has 2 rings (SSSR count). The van der Waals surface area contributed by atoms with Crippen LogP contribution >= 0.6 is 0 Å². The van der Waals surface area contributed by atoms with Gasteiger partial charge in [-0.05, 0) is 50.5 Å². The van der Waals surface area contributed by atoms with E-state index in [-0.39, 0.29) is 0 Å². The van der Waals surface area contributed by atoms with Gasteiger partial charge < -0.3 is 5.32 Å². The molecule has 3 atom stereocenters. The van der Waals surface area contributed by atoms with E-state index < -0.39 is 0 Å². The first-order valence-corrected chi connectivity index (χ1v) is 6.74. The standard InChI is InChI=1S/C14H25N/c1-12-6-5-7-13(10-12)11-15-14-8-3-2-4-9-14/h3,8,12-15H,2,4-7,9-11H2,1H3. The lowest BCUT2D eigenvalue weighted by Gasteiger charge is -2.28. The molecule has 1 saturated carbocycles. The molecule has 2 aliphatic carbocycles. The van der Waals surface area contributed by atoms with Crippen LogP contribution < -0.4 is 5.32 Å². The average molecular weight is 207 g/mol. The van der Waals surface area contributed by atoms with Crippen molar-refractivity contribution in [3.8, 4) is 0 Å². The predicted octanol–water partition coefficient (Wildman–Crippen LogP) is 3.51. The van der Waals surface area contributed by atoms with Crippen LogP contribution in [0.5, 0.6) is 0 Å². The summed E-state index contributed by atoms with van der Waals surface area (Å²) in [6.07, 6.45) is 14.5. The van der Waals surface area contributed by atoms with Gasteiger partial charge in [-0.25, -0.2) is 0 Å². The predicted molar refractivity (Wildman–Crippen MR) is 65.9 cm³/mol. The summed E-state index contributed by atoms with van der Waals surface area (Å²) in [6.45, 7) is 3.66. The maximum absolute atomic E-state index is 3.73. The molecule has 0 aliphatic heterocycles. The van der Waals surface area contributed by atoms with E-state index in [9.17, 15) is 0 Å². The van der Waals surface area contributed by atoms with Crippen LogP contribution in [0.3, 0.4) is 0 Å². The lowest BCUT2D eigenvalue weighted by molar-refractivity contribution is 0.268. The Morgan fingerprint density at radius 1 is 1.20 bits per heavy atom. The summed E-state index contributed by atoms with van der Waals surface area (Å²) in [6, 6.07) is 0.677. The van der Waals surface area contributed by atoms with Crippen LogP contribution in [0.4, 0.5) is 0 Å². The second kappa shape index (κ2) is 5.69. The normalized spacial score (nSPS) is 36.7. The molecule has 1 N–H and O–H groups in total. The zero-order valence-electron chi connectivity index (χ0n) is 10.0. The molecule has 3 unspecified atom stereocenters. The molecule has 0 heterocycles. The average Bonchev–Trinajstić information content (AvgIpc) is 2.28. The molecule has 0 saturated heterocycles. The van der Waals surface area contributed by atoms with Gasteiger partial charge in [0, 0.05) is 6.04 Å². The van der Waals surface area contributed by atoms with Gasteiger partial charge in [0.2, 0.25) is 0 Å². The summed E-state index contributed by atoms with van der Waals surface area (Å²) >= 11 is 0. The molecule has 0 spiro atoms. The van der Waals surface area contributed by atoms with Gasteiger partial charge in [0.05, 0.1) is 0 Å². The third kappa shape index (κ3) is 3.64. The van der Waals surface area contributed by atoms with Crippen LogP contribution in [-0.2, 0) is 0 Å². The van der Waals surface area contributed by atoms with Gasteiger partial charge in [0.1, 0.15) is 0 Å². The number of rotatable bonds is 3. The number of nitrogens with one attached hydrogen (secondary N) is 1. The van der Waals surface area contributed by atoms with E-state index in [0.717, 1.165) is 11.8 Å². The number of hydrogen-bond acceptors (Lipinski definition) is 1. The van der Waals surface area contributed by atoms with Crippen LogP contribution in [0.1, 0.15) is 51.9 Å². The van der Waals surface area contributed by atoms with Gasteiger partial charge in [-0.15, -0.1) is 0 Å². The summed E-state index contributed by atoms with van der Waals surface area (Å²) in [5, 5.41) is 3.73. The van der Waals surface area contributed by atoms with Crippen molar-refractivity contribution in [1.82, 2.24) is 5.32 Å². The van der Waals surface area contributed by atoms with E-state index in [1.54, 1.807) is 0 Å². The quantitative estimate of drug-likeness (QED) is 0.698. The van der Waals surface area contributed by atoms with Crippen molar-refractivity contribution in [3.05, 3.63) is 12.2 Å². The molecule has 0 aromatic rings. The molecule has 86 valence electrons. The second-order valence-corrected chi connectivity index (χ2v) is 5.51. The van der Waals surface area contributed by atoms with Crippen molar-refractivity contribution in [2.24, 2.45) is 11.8 Å². The van der Waals surface area contributed by atoms with E-state index in [2.05, 4.69) is 24.4 Å². The van der Waals surface area contributed by atoms with Crippen LogP contribution in [0.25, 0.3) is 0 Å². The molecule has 2 aliphatic rings. The Kier molecular flexibility index (Phi) is 4.25. The lowest BCUT2D eigenvalue weighted by Crippen LogP contribution is -2.34. The van der Waals surface area contributed by atoms with E-state index in [0.29, 0.717) is 6.04 Å². The Morgan fingerprint density at radius 3 is 2.87 bits per heavy atom. The highest BCUT2D eigenvalue weighted by Gasteiger charge is 2.19. The van der Waals surface area contributed by atoms with Crippen molar-refractivity contribution < 1.29 is 0 Å². The number of allylic oxidation sites excluding steroid dienone is 1. The SMILES string of the molecule is CC1CCCC(CNC2C=CCCC2)C1. The van der Waals surface area contributed by atoms with Crippen LogP contribution in [-0.4, -0.2) is 12.6 Å². The Balaban J connectivity index is 1.68. The van der Waals surface area contributed by atoms with E-state index in [1.165, 1.54) is 51.5 Å². The molecular weight excluding hydrogens is 182 g/mol. The Hall–Kier alpha value is -0.300. The second-order valence-electron chi connectivity index (χ2n) is 5.51. The summed E-state index contributed by atoms with van der Waals surface area (Å²) in [5.41, 5.74) is 0. The van der Waals surface area contributed by atoms with E-state index in [4.69, 9.17) is 0 Å². The first-order chi connectivity index (χ1) is 7.34. The van der Waals surface area contributed by atoms with Crippen molar-refractivity contribution in [2.45, 2.75) is 57.9 Å². The fourth-order valence-electron chi connectivity index (χ4n) is 3.05. The third-order valence-electron chi connectivity index (χ3n) is 3.97. The summed E-state index contributed by atoms with van der Waals surface area (Å²) in [4.78, 5) is 0. The van der Waals surface area contributed by atoms with Gasteiger partial charge >= 0.3 is 0 Å². The van der Waals surface area contributed by atoms with Crippen molar-refractivity contribution in [3.63, 3.8) is 0 Å². The third-order valence-corrected chi connectivity index (χ3v) is 3.97.